The number of hydrogen-bond acceptors (Lipinski definition) is 8. The molecule has 48 heavy (non-hydrogen) atoms. The highest BCUT2D eigenvalue weighted by atomic mass is 16.3. The van der Waals surface area contributed by atoms with Gasteiger partial charge in [0.15, 0.2) is 0 Å². The average molecular weight is 661 g/mol. The summed E-state index contributed by atoms with van der Waals surface area (Å²) in [5, 5.41) is 44.9. The average Bonchev–Trinajstić information content (AvgIpc) is 3.17. The molecule has 0 aromatic heterocycles. The summed E-state index contributed by atoms with van der Waals surface area (Å²) >= 11 is 0. The van der Waals surface area contributed by atoms with E-state index in [0.29, 0.717) is 13.1 Å². The van der Waals surface area contributed by atoms with Gasteiger partial charge in [-0.15, -0.1) is 0 Å². The molecule has 0 bridgehead atoms. The molecule has 0 heterocycles. The molecular formula is C40H60N4O4. The third kappa shape index (κ3) is 15.6. The summed E-state index contributed by atoms with van der Waals surface area (Å²) in [6.07, 6.45) is -1.71. The van der Waals surface area contributed by atoms with Gasteiger partial charge in [-0.25, -0.2) is 0 Å². The van der Waals surface area contributed by atoms with Crippen LogP contribution in [0.5, 0.6) is 0 Å². The first kappa shape index (κ1) is 42.6. The predicted octanol–water partition coefficient (Wildman–Crippen LogP) is 5.29. The van der Waals surface area contributed by atoms with Crippen LogP contribution in [0.15, 0.2) is 121 Å². The van der Waals surface area contributed by atoms with Crippen molar-refractivity contribution >= 4 is 0 Å². The lowest BCUT2D eigenvalue weighted by atomic mass is 9.98. The molecule has 264 valence electrons. The fourth-order valence-corrected chi connectivity index (χ4v) is 4.41. The van der Waals surface area contributed by atoms with Gasteiger partial charge >= 0.3 is 0 Å². The van der Waals surface area contributed by atoms with E-state index in [1.165, 1.54) is 0 Å². The molecule has 8 nitrogen and oxygen atoms in total. The van der Waals surface area contributed by atoms with Crippen molar-refractivity contribution in [2.45, 2.75) is 64.2 Å². The second-order valence-electron chi connectivity index (χ2n) is 12.0. The fourth-order valence-electron chi connectivity index (χ4n) is 4.41. The van der Waals surface area contributed by atoms with Crippen molar-refractivity contribution in [2.75, 3.05) is 27.2 Å². The van der Waals surface area contributed by atoms with E-state index in [-0.39, 0.29) is 23.9 Å². The van der Waals surface area contributed by atoms with Gasteiger partial charge in [0.2, 0.25) is 0 Å². The summed E-state index contributed by atoms with van der Waals surface area (Å²) < 4.78 is 0. The first-order chi connectivity index (χ1) is 23.0. The Bertz CT molecular complexity index is 1100. The molecule has 4 aromatic rings. The van der Waals surface area contributed by atoms with Crippen LogP contribution in [-0.4, -0.2) is 59.7 Å². The molecule has 0 amide bonds. The SMILES string of the molecule is CN[C@@H](C)[C@@H](O)c1ccccc1.CN[C@@H](C)[C@H](O)c1ccccc1.C[C@@H](CN)[C@@H](O)c1ccccc1.C[C@@H](CN)[C@H](O)c1ccccc1. The maximum atomic E-state index is 9.73. The fraction of sp³-hybridized carbons (Fsp3) is 0.400. The minimum atomic E-state index is -0.434. The molecule has 10 N–H and O–H groups in total. The molecule has 0 radical (unpaired) electrons. The quantitative estimate of drug-likeness (QED) is 0.102. The normalized spacial score (nSPS) is 15.6. The molecule has 8 atom stereocenters. The van der Waals surface area contributed by atoms with E-state index < -0.39 is 24.4 Å². The standard InChI is InChI=1S/4C10H15NO/c2*1-8(11-2)10(12)9-6-4-3-5-7-9;2*1-8(7-11)10(12)9-5-3-2-4-6-9/h2*3-8,10-12H,1-2H3;2*2-6,8,10,12H,7,11H2,1H3/t8-,10+;8-,10-;8-,10+;8-,10-/m0000/s1. The van der Waals surface area contributed by atoms with Crippen molar-refractivity contribution in [2.24, 2.45) is 23.3 Å². The summed E-state index contributed by atoms with van der Waals surface area (Å²) in [7, 11) is 3.69. The van der Waals surface area contributed by atoms with Crippen LogP contribution in [0.1, 0.15) is 74.4 Å². The zero-order chi connectivity index (χ0) is 35.9. The molecule has 0 saturated carbocycles. The monoisotopic (exact) mass is 660 g/mol. The maximum Gasteiger partial charge on any atom is 0.0940 e. The highest BCUT2D eigenvalue weighted by Gasteiger charge is 2.15. The van der Waals surface area contributed by atoms with Crippen LogP contribution in [0.25, 0.3) is 0 Å². The van der Waals surface area contributed by atoms with Crippen molar-refractivity contribution in [1.82, 2.24) is 10.6 Å². The molecule has 0 spiro atoms. The van der Waals surface area contributed by atoms with Gasteiger partial charge < -0.3 is 42.5 Å². The van der Waals surface area contributed by atoms with Crippen LogP contribution in [0.2, 0.25) is 0 Å². The number of aliphatic hydroxyl groups excluding tert-OH is 4. The van der Waals surface area contributed by atoms with Gasteiger partial charge in [0.05, 0.1) is 24.4 Å². The molecule has 8 heteroatoms. The molecule has 0 aliphatic heterocycles. The smallest absolute Gasteiger partial charge is 0.0940 e. The Morgan fingerprint density at radius 3 is 0.812 bits per heavy atom. The van der Waals surface area contributed by atoms with E-state index in [0.717, 1.165) is 22.3 Å². The lowest BCUT2D eigenvalue weighted by Gasteiger charge is -2.17. The van der Waals surface area contributed by atoms with Gasteiger partial charge in [0.25, 0.3) is 0 Å². The highest BCUT2D eigenvalue weighted by molar-refractivity contribution is 5.20. The highest BCUT2D eigenvalue weighted by Crippen LogP contribution is 2.21. The number of benzene rings is 4. The number of aliphatic hydroxyl groups is 4. The Morgan fingerprint density at radius 2 is 0.625 bits per heavy atom. The van der Waals surface area contributed by atoms with E-state index in [4.69, 9.17) is 11.5 Å². The summed E-state index contributed by atoms with van der Waals surface area (Å²) in [5.41, 5.74) is 14.7. The Hall–Kier alpha value is -3.44. The van der Waals surface area contributed by atoms with E-state index in [1.807, 2.05) is 163 Å². The van der Waals surface area contributed by atoms with Gasteiger partial charge in [-0.05, 0) is 75.1 Å². The first-order valence-electron chi connectivity index (χ1n) is 16.7. The van der Waals surface area contributed by atoms with E-state index in [2.05, 4.69) is 10.6 Å². The summed E-state index contributed by atoms with van der Waals surface area (Å²) in [6, 6.07) is 38.7. The van der Waals surface area contributed by atoms with E-state index in [9.17, 15) is 20.4 Å². The lowest BCUT2D eigenvalue weighted by molar-refractivity contribution is 0.121. The van der Waals surface area contributed by atoms with Crippen LogP contribution in [0.3, 0.4) is 0 Å². The molecular weight excluding hydrogens is 600 g/mol. The van der Waals surface area contributed by atoms with Crippen molar-refractivity contribution in [1.29, 1.82) is 0 Å². The lowest BCUT2D eigenvalue weighted by Crippen LogP contribution is -2.28. The largest absolute Gasteiger partial charge is 0.388 e. The number of nitrogens with two attached hydrogens (primary N) is 2. The topological polar surface area (TPSA) is 157 Å². The van der Waals surface area contributed by atoms with Crippen molar-refractivity contribution in [3.05, 3.63) is 144 Å². The van der Waals surface area contributed by atoms with Crippen LogP contribution in [-0.2, 0) is 0 Å². The molecule has 0 saturated heterocycles. The molecule has 4 rings (SSSR count). The maximum absolute atomic E-state index is 9.73. The Labute approximate surface area is 288 Å². The number of likely N-dealkylation sites (N-methyl/N-ethyl adjacent to an activating group) is 2. The minimum Gasteiger partial charge on any atom is -0.388 e. The van der Waals surface area contributed by atoms with Gasteiger partial charge in [-0.2, -0.15) is 0 Å². The van der Waals surface area contributed by atoms with Crippen molar-refractivity contribution < 1.29 is 20.4 Å². The second-order valence-corrected chi connectivity index (χ2v) is 12.0. The molecule has 0 aliphatic rings. The Balaban J connectivity index is 0.000000320. The zero-order valence-corrected chi connectivity index (χ0v) is 29.5. The molecule has 0 unspecified atom stereocenters. The van der Waals surface area contributed by atoms with Crippen LogP contribution in [0, 0.1) is 11.8 Å². The number of rotatable bonds is 12. The Morgan fingerprint density at radius 1 is 0.417 bits per heavy atom. The summed E-state index contributed by atoms with van der Waals surface area (Å²) in [5.74, 6) is 0.236. The van der Waals surface area contributed by atoms with Gasteiger partial charge in [0, 0.05) is 12.1 Å². The van der Waals surface area contributed by atoms with Crippen LogP contribution < -0.4 is 22.1 Å². The van der Waals surface area contributed by atoms with Gasteiger partial charge in [0.1, 0.15) is 0 Å². The van der Waals surface area contributed by atoms with Gasteiger partial charge in [-0.1, -0.05) is 135 Å². The summed E-state index contributed by atoms with van der Waals surface area (Å²) in [6.45, 7) is 8.82. The van der Waals surface area contributed by atoms with Crippen LogP contribution >= 0.6 is 0 Å². The summed E-state index contributed by atoms with van der Waals surface area (Å²) in [4.78, 5) is 0. The molecule has 0 fully saturated rings. The van der Waals surface area contributed by atoms with Crippen LogP contribution in [0.4, 0.5) is 0 Å². The predicted molar refractivity (Wildman–Crippen MR) is 199 cm³/mol. The number of hydrogen-bond donors (Lipinski definition) is 8. The molecule has 0 aliphatic carbocycles. The second kappa shape index (κ2) is 24.7. The van der Waals surface area contributed by atoms with E-state index in [1.54, 1.807) is 0 Å². The zero-order valence-electron chi connectivity index (χ0n) is 29.5. The van der Waals surface area contributed by atoms with Crippen molar-refractivity contribution in [3.63, 3.8) is 0 Å². The number of nitrogens with one attached hydrogen (secondary N) is 2. The van der Waals surface area contributed by atoms with E-state index >= 15 is 0 Å². The Kier molecular flexibility index (Phi) is 21.9. The minimum absolute atomic E-state index is 0.0902. The molecule has 4 aromatic carbocycles. The third-order valence-corrected chi connectivity index (χ3v) is 8.24. The van der Waals surface area contributed by atoms with Crippen molar-refractivity contribution in [3.8, 4) is 0 Å². The first-order valence-corrected chi connectivity index (χ1v) is 16.7. The van der Waals surface area contributed by atoms with Gasteiger partial charge in [-0.3, -0.25) is 0 Å². The third-order valence-electron chi connectivity index (χ3n) is 8.24.